The number of hydrogen-bond donors (Lipinski definition) is 1. The van der Waals surface area contributed by atoms with Crippen LogP contribution < -0.4 is 10.6 Å². The molecule has 5 heteroatoms. The summed E-state index contributed by atoms with van der Waals surface area (Å²) in [5, 5.41) is 0. The molecular formula is C17H16N4O. The van der Waals surface area contributed by atoms with Crippen LogP contribution >= 0.6 is 0 Å². The van der Waals surface area contributed by atoms with Gasteiger partial charge in [0.2, 0.25) is 0 Å². The van der Waals surface area contributed by atoms with E-state index in [9.17, 15) is 4.79 Å². The first kappa shape index (κ1) is 12.9. The molecule has 0 bridgehead atoms. The Morgan fingerprint density at radius 2 is 1.95 bits per heavy atom. The summed E-state index contributed by atoms with van der Waals surface area (Å²) in [6.07, 6.45) is 0. The fourth-order valence-corrected chi connectivity index (χ4v) is 3.00. The molecule has 5 nitrogen and oxygen atoms in total. The minimum atomic E-state index is -0.0163. The number of nitrogen functional groups attached to an aromatic ring is 1. The van der Waals surface area contributed by atoms with Crippen molar-refractivity contribution in [1.29, 1.82) is 0 Å². The lowest BCUT2D eigenvalue weighted by atomic mass is 10.1. The Labute approximate surface area is 128 Å². The monoisotopic (exact) mass is 292 g/mol. The molecular weight excluding hydrogens is 276 g/mol. The number of nitrogens with two attached hydrogens (primary N) is 1. The SMILES string of the molecule is Nc1ccc2c(c1)C1=NCCN1C(=O)N2Cc1ccccc1. The average Bonchev–Trinajstić information content (AvgIpc) is 3.02. The number of nitrogens with zero attached hydrogens (tertiary/aromatic N) is 3. The third-order valence-corrected chi connectivity index (χ3v) is 4.04. The van der Waals surface area contributed by atoms with Crippen molar-refractivity contribution in [2.75, 3.05) is 23.7 Å². The van der Waals surface area contributed by atoms with Gasteiger partial charge in [-0.25, -0.2) is 4.79 Å². The van der Waals surface area contributed by atoms with E-state index < -0.39 is 0 Å². The number of aliphatic imine (C=N–C) groups is 1. The lowest BCUT2D eigenvalue weighted by Crippen LogP contribution is -2.49. The largest absolute Gasteiger partial charge is 0.399 e. The number of anilines is 2. The Morgan fingerprint density at radius 1 is 1.14 bits per heavy atom. The van der Waals surface area contributed by atoms with Crippen LogP contribution in [0.5, 0.6) is 0 Å². The first-order valence-corrected chi connectivity index (χ1v) is 7.31. The second-order valence-corrected chi connectivity index (χ2v) is 5.49. The maximum absolute atomic E-state index is 12.8. The fraction of sp³-hybridized carbons (Fsp3) is 0.176. The van der Waals surface area contributed by atoms with E-state index >= 15 is 0 Å². The first-order valence-electron chi connectivity index (χ1n) is 7.31. The summed E-state index contributed by atoms with van der Waals surface area (Å²) < 4.78 is 0. The molecule has 0 atom stereocenters. The number of carbonyl (C=O) groups excluding carboxylic acids is 1. The minimum Gasteiger partial charge on any atom is -0.399 e. The zero-order valence-electron chi connectivity index (χ0n) is 12.1. The van der Waals surface area contributed by atoms with Gasteiger partial charge in [0.05, 0.1) is 18.8 Å². The lowest BCUT2D eigenvalue weighted by Gasteiger charge is -2.35. The maximum Gasteiger partial charge on any atom is 0.330 e. The van der Waals surface area contributed by atoms with Crippen LogP contribution in [0.2, 0.25) is 0 Å². The van der Waals surface area contributed by atoms with Gasteiger partial charge in [0.1, 0.15) is 5.84 Å². The number of rotatable bonds is 2. The van der Waals surface area contributed by atoms with Gasteiger partial charge in [-0.3, -0.25) is 14.8 Å². The Kier molecular flexibility index (Phi) is 2.85. The molecule has 0 saturated heterocycles. The molecule has 4 rings (SSSR count). The van der Waals surface area contributed by atoms with Crippen LogP contribution in [0.3, 0.4) is 0 Å². The molecule has 110 valence electrons. The van der Waals surface area contributed by atoms with Crippen LogP contribution in [0.15, 0.2) is 53.5 Å². The van der Waals surface area contributed by atoms with Crippen LogP contribution in [0, 0.1) is 0 Å². The van der Waals surface area contributed by atoms with Crippen molar-refractivity contribution in [1.82, 2.24) is 4.90 Å². The van der Waals surface area contributed by atoms with Gasteiger partial charge < -0.3 is 5.73 Å². The molecule has 2 N–H and O–H groups in total. The summed E-state index contributed by atoms with van der Waals surface area (Å²) >= 11 is 0. The Balaban J connectivity index is 1.80. The van der Waals surface area contributed by atoms with Gasteiger partial charge in [0.25, 0.3) is 0 Å². The molecule has 0 saturated carbocycles. The predicted octanol–water partition coefficient (Wildman–Crippen LogP) is 2.47. The normalized spacial score (nSPS) is 16.4. The maximum atomic E-state index is 12.8. The van der Waals surface area contributed by atoms with Crippen molar-refractivity contribution in [3.63, 3.8) is 0 Å². The summed E-state index contributed by atoms with van der Waals surface area (Å²) in [5.41, 5.74) is 9.51. The number of amides is 2. The van der Waals surface area contributed by atoms with Crippen molar-refractivity contribution in [3.05, 3.63) is 59.7 Å². The van der Waals surface area contributed by atoms with E-state index in [1.54, 1.807) is 9.80 Å². The van der Waals surface area contributed by atoms with Crippen molar-refractivity contribution >= 4 is 23.2 Å². The van der Waals surface area contributed by atoms with Crippen LogP contribution in [0.4, 0.5) is 16.2 Å². The Bertz CT molecular complexity index is 769. The summed E-state index contributed by atoms with van der Waals surface area (Å²) in [7, 11) is 0. The predicted molar refractivity (Wildman–Crippen MR) is 87.0 cm³/mol. The van der Waals surface area contributed by atoms with Gasteiger partial charge in [-0.05, 0) is 23.8 Å². The molecule has 0 spiro atoms. The van der Waals surface area contributed by atoms with E-state index in [4.69, 9.17) is 5.73 Å². The standard InChI is InChI=1S/C17H16N4O/c18-13-6-7-15-14(10-13)16-19-8-9-20(16)17(22)21(15)11-12-4-2-1-3-5-12/h1-7,10H,8-9,11,18H2. The highest BCUT2D eigenvalue weighted by atomic mass is 16.2. The Hall–Kier alpha value is -2.82. The van der Waals surface area contributed by atoms with Gasteiger partial charge in [-0.2, -0.15) is 0 Å². The molecule has 22 heavy (non-hydrogen) atoms. The number of fused-ring (bicyclic) bond motifs is 3. The summed E-state index contributed by atoms with van der Waals surface area (Å²) in [6.45, 7) is 1.82. The highest BCUT2D eigenvalue weighted by Crippen LogP contribution is 2.33. The van der Waals surface area contributed by atoms with Gasteiger partial charge in [-0.15, -0.1) is 0 Å². The van der Waals surface area contributed by atoms with Gasteiger partial charge >= 0.3 is 6.03 Å². The van der Waals surface area contributed by atoms with E-state index in [-0.39, 0.29) is 6.03 Å². The quantitative estimate of drug-likeness (QED) is 0.864. The number of urea groups is 1. The molecule has 2 aliphatic heterocycles. The summed E-state index contributed by atoms with van der Waals surface area (Å²) in [5.74, 6) is 0.747. The molecule has 2 aliphatic rings. The zero-order chi connectivity index (χ0) is 15.1. The minimum absolute atomic E-state index is 0.0163. The highest BCUT2D eigenvalue weighted by molar-refractivity contribution is 6.20. The number of benzene rings is 2. The molecule has 2 aromatic rings. The topological polar surface area (TPSA) is 61.9 Å². The number of hydrogen-bond acceptors (Lipinski definition) is 3. The van der Waals surface area contributed by atoms with Crippen molar-refractivity contribution in [3.8, 4) is 0 Å². The third-order valence-electron chi connectivity index (χ3n) is 4.04. The van der Waals surface area contributed by atoms with Crippen LogP contribution in [0.1, 0.15) is 11.1 Å². The molecule has 0 fully saturated rings. The van der Waals surface area contributed by atoms with Crippen LogP contribution in [-0.2, 0) is 6.54 Å². The fourth-order valence-electron chi connectivity index (χ4n) is 3.00. The highest BCUT2D eigenvalue weighted by Gasteiger charge is 2.37. The van der Waals surface area contributed by atoms with E-state index in [1.165, 1.54) is 0 Å². The molecule has 2 amide bonds. The van der Waals surface area contributed by atoms with E-state index in [0.717, 1.165) is 22.6 Å². The third kappa shape index (κ3) is 1.94. The zero-order valence-corrected chi connectivity index (χ0v) is 12.1. The lowest BCUT2D eigenvalue weighted by molar-refractivity contribution is 0.228. The van der Waals surface area contributed by atoms with E-state index in [2.05, 4.69) is 4.99 Å². The van der Waals surface area contributed by atoms with Crippen LogP contribution in [-0.4, -0.2) is 29.9 Å². The number of amidine groups is 1. The van der Waals surface area contributed by atoms with Gasteiger partial charge in [-0.1, -0.05) is 30.3 Å². The molecule has 0 aromatic heterocycles. The number of carbonyl (C=O) groups is 1. The van der Waals surface area contributed by atoms with E-state index in [0.29, 0.717) is 25.3 Å². The van der Waals surface area contributed by atoms with Crippen molar-refractivity contribution in [2.45, 2.75) is 6.54 Å². The molecule has 0 aliphatic carbocycles. The second kappa shape index (κ2) is 4.87. The first-order chi connectivity index (χ1) is 10.7. The molecule has 2 heterocycles. The van der Waals surface area contributed by atoms with Crippen molar-refractivity contribution in [2.24, 2.45) is 4.99 Å². The van der Waals surface area contributed by atoms with Gasteiger partial charge in [0.15, 0.2) is 0 Å². The molecule has 0 radical (unpaired) electrons. The van der Waals surface area contributed by atoms with Crippen LogP contribution in [0.25, 0.3) is 0 Å². The van der Waals surface area contributed by atoms with Gasteiger partial charge in [0, 0.05) is 17.8 Å². The molecule has 2 aromatic carbocycles. The van der Waals surface area contributed by atoms with E-state index in [1.807, 2.05) is 48.5 Å². The van der Waals surface area contributed by atoms with Crippen molar-refractivity contribution < 1.29 is 4.79 Å². The molecule has 0 unspecified atom stereocenters. The smallest absolute Gasteiger partial charge is 0.330 e. The Morgan fingerprint density at radius 3 is 2.77 bits per heavy atom. The summed E-state index contributed by atoms with van der Waals surface area (Å²) in [6, 6.07) is 15.6. The average molecular weight is 292 g/mol. The second-order valence-electron chi connectivity index (χ2n) is 5.49. The summed E-state index contributed by atoms with van der Waals surface area (Å²) in [4.78, 5) is 20.8.